The number of anilines is 1. The fourth-order valence-corrected chi connectivity index (χ4v) is 2.61. The summed E-state index contributed by atoms with van der Waals surface area (Å²) in [6, 6.07) is 8.21. The summed E-state index contributed by atoms with van der Waals surface area (Å²) in [6.07, 6.45) is 2.55. The number of ketones is 3. The van der Waals surface area contributed by atoms with Crippen molar-refractivity contribution in [3.8, 4) is 0 Å². The number of nitrogens with one attached hydrogen (secondary N) is 1. The van der Waals surface area contributed by atoms with Crippen molar-refractivity contribution in [2.24, 2.45) is 0 Å². The van der Waals surface area contributed by atoms with Gasteiger partial charge in [0.1, 0.15) is 5.69 Å². The summed E-state index contributed by atoms with van der Waals surface area (Å²) in [6.45, 7) is 1.43. The predicted octanol–water partition coefficient (Wildman–Crippen LogP) is 3.31. The summed E-state index contributed by atoms with van der Waals surface area (Å²) in [5.41, 5.74) is 1.05. The van der Waals surface area contributed by atoms with Gasteiger partial charge in [0, 0.05) is 23.5 Å². The Labute approximate surface area is 137 Å². The summed E-state index contributed by atoms with van der Waals surface area (Å²) < 4.78 is 0. The van der Waals surface area contributed by atoms with Gasteiger partial charge in [-0.1, -0.05) is 23.7 Å². The highest BCUT2D eigenvalue weighted by Gasteiger charge is 2.29. The summed E-state index contributed by atoms with van der Waals surface area (Å²) in [4.78, 5) is 40.3. The Morgan fingerprint density at radius 3 is 2.65 bits per heavy atom. The minimum atomic E-state index is -0.434. The van der Waals surface area contributed by atoms with E-state index in [1.807, 2.05) is 0 Å². The molecule has 0 atom stereocenters. The zero-order valence-corrected chi connectivity index (χ0v) is 12.8. The van der Waals surface area contributed by atoms with E-state index in [2.05, 4.69) is 10.3 Å². The van der Waals surface area contributed by atoms with Crippen molar-refractivity contribution < 1.29 is 14.4 Å². The van der Waals surface area contributed by atoms with Gasteiger partial charge in [0.2, 0.25) is 11.6 Å². The topological polar surface area (TPSA) is 76.1 Å². The zero-order valence-electron chi connectivity index (χ0n) is 12.1. The maximum absolute atomic E-state index is 12.6. The number of benzene rings is 1. The third kappa shape index (κ3) is 2.66. The predicted molar refractivity (Wildman–Crippen MR) is 86.1 cm³/mol. The lowest BCUT2D eigenvalue weighted by Gasteiger charge is -2.18. The van der Waals surface area contributed by atoms with Crippen LogP contribution in [0, 0.1) is 0 Å². The van der Waals surface area contributed by atoms with Gasteiger partial charge in [-0.05, 0) is 25.1 Å². The number of fused-ring (bicyclic) bond motifs is 1. The maximum Gasteiger partial charge on any atom is 0.213 e. The molecule has 1 N–H and O–H groups in total. The van der Waals surface area contributed by atoms with Crippen LogP contribution in [0.2, 0.25) is 5.02 Å². The van der Waals surface area contributed by atoms with Gasteiger partial charge in [0.15, 0.2) is 5.78 Å². The zero-order chi connectivity index (χ0) is 16.6. The van der Waals surface area contributed by atoms with E-state index < -0.39 is 11.6 Å². The van der Waals surface area contributed by atoms with E-state index in [1.165, 1.54) is 25.3 Å². The molecular weight excluding hydrogens is 316 g/mol. The molecule has 2 aromatic rings. The average Bonchev–Trinajstić information content (AvgIpc) is 2.52. The van der Waals surface area contributed by atoms with Gasteiger partial charge < -0.3 is 5.32 Å². The molecule has 1 aromatic heterocycles. The van der Waals surface area contributed by atoms with Gasteiger partial charge in [-0.2, -0.15) is 0 Å². The molecule has 0 unspecified atom stereocenters. The van der Waals surface area contributed by atoms with E-state index in [9.17, 15) is 14.4 Å². The van der Waals surface area contributed by atoms with E-state index in [4.69, 9.17) is 11.6 Å². The molecule has 1 aliphatic carbocycles. The molecule has 23 heavy (non-hydrogen) atoms. The Bertz CT molecular complexity index is 887. The number of pyridine rings is 1. The van der Waals surface area contributed by atoms with Crippen LogP contribution in [-0.4, -0.2) is 22.3 Å². The van der Waals surface area contributed by atoms with E-state index in [-0.39, 0.29) is 27.8 Å². The molecule has 0 fully saturated rings. The molecule has 0 radical (unpaired) electrons. The number of hydrogen-bond acceptors (Lipinski definition) is 5. The summed E-state index contributed by atoms with van der Waals surface area (Å²) >= 11 is 6.03. The first-order valence-corrected chi connectivity index (χ1v) is 7.19. The van der Waals surface area contributed by atoms with Crippen molar-refractivity contribution in [2.75, 3.05) is 5.32 Å². The van der Waals surface area contributed by atoms with Crippen molar-refractivity contribution in [3.05, 3.63) is 70.1 Å². The van der Waals surface area contributed by atoms with Crippen LogP contribution in [0.5, 0.6) is 0 Å². The first-order valence-electron chi connectivity index (χ1n) is 6.81. The first-order chi connectivity index (χ1) is 11.0. The Morgan fingerprint density at radius 1 is 1.17 bits per heavy atom. The molecule has 0 amide bonds. The van der Waals surface area contributed by atoms with Crippen LogP contribution < -0.4 is 5.32 Å². The summed E-state index contributed by atoms with van der Waals surface area (Å²) in [5.74, 6) is -0.996. The normalized spacial score (nSPS) is 13.4. The molecule has 1 aromatic carbocycles. The second kappa shape index (κ2) is 5.78. The number of hydrogen-bond donors (Lipinski definition) is 1. The van der Waals surface area contributed by atoms with Gasteiger partial charge in [-0.3, -0.25) is 19.4 Å². The molecule has 0 saturated heterocycles. The van der Waals surface area contributed by atoms with Crippen LogP contribution in [0.1, 0.15) is 38.1 Å². The number of Topliss-reactive ketones (excluding diaryl/α,β-unsaturated/α-hetero) is 2. The van der Waals surface area contributed by atoms with Crippen LogP contribution in [0.25, 0.3) is 0 Å². The van der Waals surface area contributed by atoms with Gasteiger partial charge in [-0.25, -0.2) is 0 Å². The van der Waals surface area contributed by atoms with Gasteiger partial charge in [0.05, 0.1) is 16.3 Å². The SMILES string of the molecule is CC(=O)c1ccccc1NC1=CC(=O)c2nccc(Cl)c2C1=O. The Balaban J connectivity index is 2.03. The fourth-order valence-electron chi connectivity index (χ4n) is 2.38. The Hall–Kier alpha value is -2.79. The number of halogens is 1. The second-order valence-electron chi connectivity index (χ2n) is 4.99. The Kier molecular flexibility index (Phi) is 3.80. The number of aromatic nitrogens is 1. The van der Waals surface area contributed by atoms with Crippen LogP contribution in [0.15, 0.2) is 48.3 Å². The highest BCUT2D eigenvalue weighted by molar-refractivity contribution is 6.38. The van der Waals surface area contributed by atoms with Gasteiger partial charge >= 0.3 is 0 Å². The quantitative estimate of drug-likeness (QED) is 0.876. The van der Waals surface area contributed by atoms with Crippen LogP contribution in [0.3, 0.4) is 0 Å². The van der Waals surface area contributed by atoms with E-state index >= 15 is 0 Å². The number of allylic oxidation sites excluding steroid dienone is 2. The van der Waals surface area contributed by atoms with Crippen LogP contribution in [0.4, 0.5) is 5.69 Å². The molecule has 5 nitrogen and oxygen atoms in total. The number of rotatable bonds is 3. The Morgan fingerprint density at radius 2 is 1.91 bits per heavy atom. The lowest BCUT2D eigenvalue weighted by molar-refractivity contribution is 0.0982. The molecular formula is C17H11ClN2O3. The van der Waals surface area contributed by atoms with Gasteiger partial charge in [0.25, 0.3) is 0 Å². The molecule has 114 valence electrons. The number of carbonyl (C=O) groups is 3. The molecule has 0 bridgehead atoms. The smallest absolute Gasteiger partial charge is 0.213 e. The number of nitrogens with zero attached hydrogens (tertiary/aromatic N) is 1. The largest absolute Gasteiger partial charge is 0.352 e. The monoisotopic (exact) mass is 326 g/mol. The minimum absolute atomic E-state index is 0.0351. The van der Waals surface area contributed by atoms with E-state index in [0.717, 1.165) is 0 Å². The maximum atomic E-state index is 12.6. The molecule has 0 saturated carbocycles. The lowest BCUT2D eigenvalue weighted by atomic mass is 9.96. The molecule has 6 heteroatoms. The van der Waals surface area contributed by atoms with Crippen molar-refractivity contribution >= 4 is 34.6 Å². The molecule has 3 rings (SSSR count). The van der Waals surface area contributed by atoms with Crippen molar-refractivity contribution in [1.82, 2.24) is 4.98 Å². The van der Waals surface area contributed by atoms with E-state index in [0.29, 0.717) is 11.3 Å². The van der Waals surface area contributed by atoms with Gasteiger partial charge in [-0.15, -0.1) is 0 Å². The second-order valence-corrected chi connectivity index (χ2v) is 5.40. The molecule has 0 aliphatic heterocycles. The minimum Gasteiger partial charge on any atom is -0.352 e. The summed E-state index contributed by atoms with van der Waals surface area (Å²) in [5, 5.41) is 3.03. The van der Waals surface area contributed by atoms with Crippen molar-refractivity contribution in [1.29, 1.82) is 0 Å². The van der Waals surface area contributed by atoms with Crippen molar-refractivity contribution in [3.63, 3.8) is 0 Å². The van der Waals surface area contributed by atoms with Crippen LogP contribution in [-0.2, 0) is 0 Å². The third-order valence-electron chi connectivity index (χ3n) is 3.46. The van der Waals surface area contributed by atoms with Crippen molar-refractivity contribution in [2.45, 2.75) is 6.92 Å². The highest BCUT2D eigenvalue weighted by atomic mass is 35.5. The highest BCUT2D eigenvalue weighted by Crippen LogP contribution is 2.28. The summed E-state index contributed by atoms with van der Waals surface area (Å²) in [7, 11) is 0. The molecule has 0 spiro atoms. The molecule has 1 aliphatic rings. The van der Waals surface area contributed by atoms with E-state index in [1.54, 1.807) is 24.3 Å². The average molecular weight is 327 g/mol. The first kappa shape index (κ1) is 15.1. The third-order valence-corrected chi connectivity index (χ3v) is 3.77. The number of carbonyl (C=O) groups excluding carboxylic acids is 3. The fraction of sp³-hybridized carbons (Fsp3) is 0.0588. The lowest BCUT2D eigenvalue weighted by Crippen LogP contribution is -2.23. The van der Waals surface area contributed by atoms with Crippen LogP contribution >= 0.6 is 11.6 Å². The number of para-hydroxylation sites is 1. The molecule has 1 heterocycles. The standard InChI is InChI=1S/C17H11ClN2O3/c1-9(21)10-4-2-3-5-12(10)20-13-8-14(22)16-15(17(13)23)11(18)6-7-19-16/h2-8,20H,1H3.